The maximum atomic E-state index is 14.1. The smallest absolute Gasteiger partial charge is 0.331 e. The Kier molecular flexibility index (Phi) is 7.29. The third-order valence-electron chi connectivity index (χ3n) is 6.92. The normalized spacial score (nSPS) is 14.4. The highest BCUT2D eigenvalue weighted by Crippen LogP contribution is 2.32. The predicted octanol–water partition coefficient (Wildman–Crippen LogP) is 3.14. The Morgan fingerprint density at radius 3 is 2.65 bits per heavy atom. The summed E-state index contributed by atoms with van der Waals surface area (Å²) in [6.07, 6.45) is 6.71. The molecule has 12 heteroatoms. The van der Waals surface area contributed by atoms with E-state index >= 15 is 0 Å². The number of esters is 1. The van der Waals surface area contributed by atoms with Gasteiger partial charge in [-0.05, 0) is 50.1 Å². The summed E-state index contributed by atoms with van der Waals surface area (Å²) in [7, 11) is 1.25. The number of nitrogens with one attached hydrogen (secondary N) is 1. The van der Waals surface area contributed by atoms with Crippen LogP contribution in [0.25, 0.3) is 16.6 Å². The van der Waals surface area contributed by atoms with Gasteiger partial charge in [-0.1, -0.05) is 0 Å². The molecule has 1 aliphatic heterocycles. The van der Waals surface area contributed by atoms with E-state index in [1.54, 1.807) is 16.9 Å². The van der Waals surface area contributed by atoms with E-state index in [0.717, 1.165) is 17.2 Å². The number of ether oxygens (including phenoxy) is 2. The minimum absolute atomic E-state index is 0.224. The van der Waals surface area contributed by atoms with Gasteiger partial charge in [-0.15, -0.1) is 0 Å². The summed E-state index contributed by atoms with van der Waals surface area (Å²) in [5, 5.41) is 16.5. The molecule has 40 heavy (non-hydrogen) atoms. The van der Waals surface area contributed by atoms with Crippen molar-refractivity contribution in [3.63, 3.8) is 0 Å². The molecule has 1 saturated heterocycles. The molecule has 0 spiro atoms. The Balaban J connectivity index is 1.36. The molecule has 204 valence electrons. The fraction of sp³-hybridized carbons (Fsp3) is 0.286. The highest BCUT2D eigenvalue weighted by atomic mass is 19.1. The summed E-state index contributed by atoms with van der Waals surface area (Å²) in [6, 6.07) is 10.3. The second-order valence-electron chi connectivity index (χ2n) is 9.24. The van der Waals surface area contributed by atoms with Crippen molar-refractivity contribution in [2.45, 2.75) is 25.3 Å². The lowest BCUT2D eigenvalue weighted by Gasteiger charge is -2.40. The number of pyridine rings is 3. The van der Waals surface area contributed by atoms with Gasteiger partial charge in [-0.2, -0.15) is 10.4 Å². The average Bonchev–Trinajstić information content (AvgIpc) is 3.40. The summed E-state index contributed by atoms with van der Waals surface area (Å²) in [6.45, 7) is 3.14. The van der Waals surface area contributed by atoms with Crippen molar-refractivity contribution in [2.75, 3.05) is 31.7 Å². The van der Waals surface area contributed by atoms with Crippen LogP contribution in [-0.2, 0) is 9.53 Å². The van der Waals surface area contributed by atoms with Crippen LogP contribution in [0.4, 0.5) is 10.2 Å². The Morgan fingerprint density at radius 2 is 2.00 bits per heavy atom. The van der Waals surface area contributed by atoms with Gasteiger partial charge in [0.15, 0.2) is 11.5 Å². The number of methoxy groups -OCH3 is 1. The largest absolute Gasteiger partial charge is 0.492 e. The van der Waals surface area contributed by atoms with Crippen LogP contribution in [0.1, 0.15) is 35.8 Å². The predicted molar refractivity (Wildman–Crippen MR) is 142 cm³/mol. The van der Waals surface area contributed by atoms with Crippen molar-refractivity contribution in [1.29, 1.82) is 5.26 Å². The molecule has 5 rings (SSSR count). The number of nitriles is 1. The lowest BCUT2D eigenvalue weighted by atomic mass is 9.87. The first kappa shape index (κ1) is 26.6. The molecule has 1 aliphatic rings. The molecule has 4 aromatic rings. The number of rotatable bonds is 7. The minimum Gasteiger partial charge on any atom is -0.492 e. The van der Waals surface area contributed by atoms with E-state index in [9.17, 15) is 19.2 Å². The molecule has 11 nitrogen and oxygen atoms in total. The van der Waals surface area contributed by atoms with Crippen molar-refractivity contribution in [3.8, 4) is 22.9 Å². The number of halogens is 1. The van der Waals surface area contributed by atoms with Gasteiger partial charge in [0, 0.05) is 36.6 Å². The van der Waals surface area contributed by atoms with Crippen LogP contribution in [-0.4, -0.2) is 63.8 Å². The van der Waals surface area contributed by atoms with Crippen molar-refractivity contribution in [3.05, 3.63) is 72.2 Å². The molecule has 0 unspecified atom stereocenters. The summed E-state index contributed by atoms with van der Waals surface area (Å²) < 4.78 is 26.4. The molecular formula is C28H26FN7O4. The van der Waals surface area contributed by atoms with Crippen LogP contribution in [0.3, 0.4) is 0 Å². The second kappa shape index (κ2) is 11.0. The van der Waals surface area contributed by atoms with Gasteiger partial charge < -0.3 is 19.7 Å². The first-order valence-corrected chi connectivity index (χ1v) is 12.7. The molecule has 0 bridgehead atoms. The van der Waals surface area contributed by atoms with Gasteiger partial charge in [0.05, 0.1) is 37.2 Å². The zero-order valence-corrected chi connectivity index (χ0v) is 21.9. The van der Waals surface area contributed by atoms with Crippen molar-refractivity contribution >= 4 is 23.2 Å². The lowest BCUT2D eigenvalue weighted by Crippen LogP contribution is -2.60. The van der Waals surface area contributed by atoms with E-state index in [4.69, 9.17) is 9.47 Å². The topological polar surface area (TPSA) is 135 Å². The minimum atomic E-state index is -1.33. The first-order chi connectivity index (χ1) is 19.4. The molecule has 1 amide bonds. The fourth-order valence-corrected chi connectivity index (χ4v) is 4.90. The third kappa shape index (κ3) is 4.89. The molecule has 0 aliphatic carbocycles. The van der Waals surface area contributed by atoms with Gasteiger partial charge in [-0.3, -0.25) is 4.79 Å². The lowest BCUT2D eigenvalue weighted by molar-refractivity contribution is -0.149. The summed E-state index contributed by atoms with van der Waals surface area (Å²) in [5.41, 5.74) is 0.912. The average molecular weight is 544 g/mol. The van der Waals surface area contributed by atoms with Crippen LogP contribution in [0.5, 0.6) is 5.75 Å². The van der Waals surface area contributed by atoms with Crippen LogP contribution in [0.15, 0.2) is 55.1 Å². The van der Waals surface area contributed by atoms with Gasteiger partial charge in [0.2, 0.25) is 0 Å². The zero-order chi connectivity index (χ0) is 28.3. The molecule has 0 radical (unpaired) electrons. The standard InChI is InChI=1S/C28H26FN7O4/c1-3-40-20-13-21(25-19(14-30)16-33-36(25)17-20)18-6-7-23(32-15-18)35-11-8-28(9-12-35,27(38)39-2)34-26(37)24-22(29)5-4-10-31-24/h4-7,10,13,15-17H,3,8-9,11-12H2,1-2H3,(H,34,37). The SMILES string of the molecule is CCOc1cc(-c2ccc(N3CCC(NC(=O)c4ncccc4F)(C(=O)OC)CC3)nc2)c2c(C#N)cnn2c1. The van der Waals surface area contributed by atoms with Gasteiger partial charge in [0.25, 0.3) is 5.91 Å². The number of piperidine rings is 1. The summed E-state index contributed by atoms with van der Waals surface area (Å²) in [4.78, 5) is 36.0. The van der Waals surface area contributed by atoms with Crippen molar-refractivity contribution < 1.29 is 23.5 Å². The number of aromatic nitrogens is 4. The molecule has 0 aromatic carbocycles. The highest BCUT2D eigenvalue weighted by molar-refractivity contribution is 5.97. The molecule has 0 saturated carbocycles. The Bertz CT molecular complexity index is 1610. The van der Waals surface area contributed by atoms with E-state index < -0.39 is 23.2 Å². The number of hydrogen-bond acceptors (Lipinski definition) is 9. The van der Waals surface area contributed by atoms with E-state index in [1.165, 1.54) is 25.6 Å². The number of nitrogens with zero attached hydrogens (tertiary/aromatic N) is 6. The monoisotopic (exact) mass is 543 g/mol. The number of fused-ring (bicyclic) bond motifs is 1. The van der Waals surface area contributed by atoms with Gasteiger partial charge in [0.1, 0.15) is 23.2 Å². The Morgan fingerprint density at radius 1 is 1.20 bits per heavy atom. The van der Waals surface area contributed by atoms with E-state index in [0.29, 0.717) is 42.3 Å². The van der Waals surface area contributed by atoms with E-state index in [2.05, 4.69) is 26.5 Å². The van der Waals surface area contributed by atoms with Crippen LogP contribution in [0, 0.1) is 17.1 Å². The van der Waals surface area contributed by atoms with E-state index in [1.807, 2.05) is 30.0 Å². The molecular weight excluding hydrogens is 517 g/mol. The molecule has 1 N–H and O–H groups in total. The van der Waals surface area contributed by atoms with Crippen molar-refractivity contribution in [2.24, 2.45) is 0 Å². The number of hydrogen-bond donors (Lipinski definition) is 1. The van der Waals surface area contributed by atoms with Crippen LogP contribution < -0.4 is 15.0 Å². The van der Waals surface area contributed by atoms with Gasteiger partial charge in [-0.25, -0.2) is 23.7 Å². The van der Waals surface area contributed by atoms with Crippen LogP contribution in [0.2, 0.25) is 0 Å². The molecule has 0 atom stereocenters. The molecule has 1 fully saturated rings. The second-order valence-corrected chi connectivity index (χ2v) is 9.24. The number of carbonyl (C=O) groups excluding carboxylic acids is 2. The Labute approximate surface area is 229 Å². The Hall–Kier alpha value is -5.05. The number of carbonyl (C=O) groups is 2. The number of amides is 1. The fourth-order valence-electron chi connectivity index (χ4n) is 4.90. The zero-order valence-electron chi connectivity index (χ0n) is 21.9. The first-order valence-electron chi connectivity index (χ1n) is 12.7. The maximum absolute atomic E-state index is 14.1. The quantitative estimate of drug-likeness (QED) is 0.349. The van der Waals surface area contributed by atoms with Crippen LogP contribution >= 0.6 is 0 Å². The van der Waals surface area contributed by atoms with Crippen molar-refractivity contribution in [1.82, 2.24) is 24.9 Å². The van der Waals surface area contributed by atoms with E-state index in [-0.39, 0.29) is 18.5 Å². The molecule has 5 heterocycles. The summed E-state index contributed by atoms with van der Waals surface area (Å²) in [5.74, 6) is -0.868. The third-order valence-corrected chi connectivity index (χ3v) is 6.92. The van der Waals surface area contributed by atoms with Gasteiger partial charge >= 0.3 is 5.97 Å². The highest BCUT2D eigenvalue weighted by Gasteiger charge is 2.44. The maximum Gasteiger partial charge on any atom is 0.331 e. The summed E-state index contributed by atoms with van der Waals surface area (Å²) >= 11 is 0. The molecule has 4 aromatic heterocycles. The number of anilines is 1.